The average molecular weight is 274 g/mol. The topological polar surface area (TPSA) is 32.3 Å². The lowest BCUT2D eigenvalue weighted by Gasteiger charge is -2.29. The van der Waals surface area contributed by atoms with Gasteiger partial charge in [0.25, 0.3) is 5.91 Å². The first-order chi connectivity index (χ1) is 9.58. The van der Waals surface area contributed by atoms with Crippen molar-refractivity contribution in [1.29, 1.82) is 0 Å². The molecule has 2 atom stereocenters. The van der Waals surface area contributed by atoms with Gasteiger partial charge in [-0.3, -0.25) is 4.79 Å². The fourth-order valence-corrected chi connectivity index (χ4v) is 2.93. The molecular weight excluding hydrogens is 248 g/mol. The maximum Gasteiger partial charge on any atom is 0.253 e. The van der Waals surface area contributed by atoms with E-state index in [0.717, 1.165) is 29.6 Å². The SMILES string of the molecule is C[C@@H]1CCCC[C@H]1CNc1ccc(C(=O)N(C)C)cc1. The van der Waals surface area contributed by atoms with Gasteiger partial charge in [0.2, 0.25) is 0 Å². The highest BCUT2D eigenvalue weighted by Crippen LogP contribution is 2.29. The van der Waals surface area contributed by atoms with E-state index in [4.69, 9.17) is 0 Å². The molecule has 20 heavy (non-hydrogen) atoms. The number of benzene rings is 1. The summed E-state index contributed by atoms with van der Waals surface area (Å²) in [5.74, 6) is 1.66. The fourth-order valence-electron chi connectivity index (χ4n) is 2.93. The molecule has 0 heterocycles. The van der Waals surface area contributed by atoms with Crippen LogP contribution in [-0.4, -0.2) is 31.4 Å². The second kappa shape index (κ2) is 6.78. The minimum Gasteiger partial charge on any atom is -0.385 e. The monoisotopic (exact) mass is 274 g/mol. The van der Waals surface area contributed by atoms with Gasteiger partial charge in [-0.1, -0.05) is 26.2 Å². The Bertz CT molecular complexity index is 439. The van der Waals surface area contributed by atoms with Gasteiger partial charge in [-0.15, -0.1) is 0 Å². The van der Waals surface area contributed by atoms with Crippen molar-refractivity contribution in [3.05, 3.63) is 29.8 Å². The normalized spacial score (nSPS) is 22.4. The molecule has 0 saturated heterocycles. The van der Waals surface area contributed by atoms with Crippen molar-refractivity contribution >= 4 is 11.6 Å². The van der Waals surface area contributed by atoms with E-state index in [1.165, 1.54) is 25.7 Å². The first-order valence-corrected chi connectivity index (χ1v) is 7.63. The average Bonchev–Trinajstić information content (AvgIpc) is 2.46. The van der Waals surface area contributed by atoms with Crippen molar-refractivity contribution < 1.29 is 4.79 Å². The Morgan fingerprint density at radius 1 is 1.20 bits per heavy atom. The maximum atomic E-state index is 11.8. The van der Waals surface area contributed by atoms with Crippen LogP contribution in [0.15, 0.2) is 24.3 Å². The summed E-state index contributed by atoms with van der Waals surface area (Å²) in [6, 6.07) is 7.80. The lowest BCUT2D eigenvalue weighted by atomic mass is 9.80. The Morgan fingerprint density at radius 2 is 1.85 bits per heavy atom. The number of amides is 1. The molecule has 3 nitrogen and oxygen atoms in total. The lowest BCUT2D eigenvalue weighted by Crippen LogP contribution is -2.24. The van der Waals surface area contributed by atoms with Crippen molar-refractivity contribution in [2.75, 3.05) is 26.0 Å². The molecule has 0 aliphatic heterocycles. The van der Waals surface area contributed by atoms with Gasteiger partial charge in [0.15, 0.2) is 0 Å². The second-order valence-electron chi connectivity index (χ2n) is 6.18. The number of rotatable bonds is 4. The molecule has 1 N–H and O–H groups in total. The summed E-state index contributed by atoms with van der Waals surface area (Å²) in [5, 5.41) is 3.52. The Labute approximate surface area is 122 Å². The van der Waals surface area contributed by atoms with E-state index >= 15 is 0 Å². The third-order valence-electron chi connectivity index (χ3n) is 4.40. The van der Waals surface area contributed by atoms with Crippen LogP contribution in [0.1, 0.15) is 43.0 Å². The van der Waals surface area contributed by atoms with Crippen molar-refractivity contribution in [3.63, 3.8) is 0 Å². The first kappa shape index (κ1) is 14.9. The standard InChI is InChI=1S/C17H26N2O/c1-13-6-4-5-7-15(13)12-18-16-10-8-14(9-11-16)17(20)19(2)3/h8-11,13,15,18H,4-7,12H2,1-3H3/t13-,15+/m1/s1. The molecule has 3 heteroatoms. The third kappa shape index (κ3) is 3.75. The molecule has 110 valence electrons. The molecule has 0 unspecified atom stereocenters. The van der Waals surface area contributed by atoms with Gasteiger partial charge in [0.1, 0.15) is 0 Å². The quantitative estimate of drug-likeness (QED) is 0.909. The van der Waals surface area contributed by atoms with Crippen LogP contribution in [0.3, 0.4) is 0 Å². The van der Waals surface area contributed by atoms with Gasteiger partial charge in [-0.2, -0.15) is 0 Å². The van der Waals surface area contributed by atoms with Crippen LogP contribution in [-0.2, 0) is 0 Å². The molecule has 0 aromatic heterocycles. The van der Waals surface area contributed by atoms with E-state index in [9.17, 15) is 4.79 Å². The second-order valence-corrected chi connectivity index (χ2v) is 6.18. The molecule has 1 saturated carbocycles. The van der Waals surface area contributed by atoms with Crippen LogP contribution in [0.25, 0.3) is 0 Å². The summed E-state index contributed by atoms with van der Waals surface area (Å²) in [4.78, 5) is 13.4. The highest BCUT2D eigenvalue weighted by Gasteiger charge is 2.20. The van der Waals surface area contributed by atoms with E-state index in [1.807, 2.05) is 24.3 Å². The smallest absolute Gasteiger partial charge is 0.253 e. The summed E-state index contributed by atoms with van der Waals surface area (Å²) in [5.41, 5.74) is 1.85. The minimum atomic E-state index is 0.0532. The third-order valence-corrected chi connectivity index (χ3v) is 4.40. The zero-order valence-electron chi connectivity index (χ0n) is 12.9. The van der Waals surface area contributed by atoms with Gasteiger partial charge < -0.3 is 10.2 Å². The Kier molecular flexibility index (Phi) is 5.05. The van der Waals surface area contributed by atoms with Crippen LogP contribution in [0.5, 0.6) is 0 Å². The molecule has 1 aliphatic rings. The highest BCUT2D eigenvalue weighted by molar-refractivity contribution is 5.94. The van der Waals surface area contributed by atoms with Crippen LogP contribution in [0, 0.1) is 11.8 Å². The number of nitrogens with one attached hydrogen (secondary N) is 1. The number of hydrogen-bond acceptors (Lipinski definition) is 2. The molecule has 1 aliphatic carbocycles. The van der Waals surface area contributed by atoms with Gasteiger partial charge in [0.05, 0.1) is 0 Å². The molecule has 2 rings (SSSR count). The van der Waals surface area contributed by atoms with Gasteiger partial charge in [-0.05, 0) is 42.5 Å². The van der Waals surface area contributed by atoms with E-state index in [1.54, 1.807) is 19.0 Å². The summed E-state index contributed by atoms with van der Waals surface area (Å²) in [7, 11) is 3.55. The van der Waals surface area contributed by atoms with E-state index in [2.05, 4.69) is 12.2 Å². The molecule has 1 amide bonds. The summed E-state index contributed by atoms with van der Waals surface area (Å²) in [6.07, 6.45) is 5.46. The zero-order chi connectivity index (χ0) is 14.5. The molecule has 0 bridgehead atoms. The molecule has 1 aromatic carbocycles. The summed E-state index contributed by atoms with van der Waals surface area (Å²) < 4.78 is 0. The van der Waals surface area contributed by atoms with Crippen molar-refractivity contribution in [1.82, 2.24) is 4.90 Å². The van der Waals surface area contributed by atoms with Crippen LogP contribution in [0.4, 0.5) is 5.69 Å². The highest BCUT2D eigenvalue weighted by atomic mass is 16.2. The number of nitrogens with zero attached hydrogens (tertiary/aromatic N) is 1. The molecule has 1 aromatic rings. The Morgan fingerprint density at radius 3 is 2.45 bits per heavy atom. The minimum absolute atomic E-state index is 0.0532. The number of hydrogen-bond donors (Lipinski definition) is 1. The zero-order valence-corrected chi connectivity index (χ0v) is 12.9. The summed E-state index contributed by atoms with van der Waals surface area (Å²) in [6.45, 7) is 3.41. The molecular formula is C17H26N2O. The molecule has 0 radical (unpaired) electrons. The van der Waals surface area contributed by atoms with Gasteiger partial charge in [-0.25, -0.2) is 0 Å². The number of anilines is 1. The predicted octanol–water partition coefficient (Wildman–Crippen LogP) is 3.63. The van der Waals surface area contributed by atoms with E-state index in [0.29, 0.717) is 0 Å². The maximum absolute atomic E-state index is 11.8. The van der Waals surface area contributed by atoms with Crippen LogP contribution in [0.2, 0.25) is 0 Å². The Balaban J connectivity index is 1.89. The first-order valence-electron chi connectivity index (χ1n) is 7.63. The van der Waals surface area contributed by atoms with Crippen LogP contribution < -0.4 is 5.32 Å². The number of carbonyl (C=O) groups is 1. The molecule has 1 fully saturated rings. The summed E-state index contributed by atoms with van der Waals surface area (Å²) >= 11 is 0. The largest absolute Gasteiger partial charge is 0.385 e. The number of carbonyl (C=O) groups excluding carboxylic acids is 1. The van der Waals surface area contributed by atoms with E-state index < -0.39 is 0 Å². The van der Waals surface area contributed by atoms with Crippen molar-refractivity contribution in [2.24, 2.45) is 11.8 Å². The van der Waals surface area contributed by atoms with Crippen LogP contribution >= 0.6 is 0 Å². The predicted molar refractivity (Wildman–Crippen MR) is 84.1 cm³/mol. The van der Waals surface area contributed by atoms with Crippen molar-refractivity contribution in [3.8, 4) is 0 Å². The lowest BCUT2D eigenvalue weighted by molar-refractivity contribution is 0.0827. The van der Waals surface area contributed by atoms with Gasteiger partial charge >= 0.3 is 0 Å². The molecule has 0 spiro atoms. The van der Waals surface area contributed by atoms with Gasteiger partial charge in [0, 0.05) is 31.9 Å². The van der Waals surface area contributed by atoms with E-state index in [-0.39, 0.29) is 5.91 Å². The van der Waals surface area contributed by atoms with Crippen molar-refractivity contribution in [2.45, 2.75) is 32.6 Å². The Hall–Kier alpha value is -1.51. The fraction of sp³-hybridized carbons (Fsp3) is 0.588.